The van der Waals surface area contributed by atoms with E-state index in [9.17, 15) is 5.11 Å². The molecule has 1 saturated heterocycles. The Morgan fingerprint density at radius 1 is 1.33 bits per heavy atom. The summed E-state index contributed by atoms with van der Waals surface area (Å²) in [7, 11) is 1.88. The van der Waals surface area contributed by atoms with E-state index >= 15 is 0 Å². The quantitative estimate of drug-likeness (QED) is 0.824. The first-order valence-corrected chi connectivity index (χ1v) is 8.20. The number of aliphatic hydroxyl groups is 1. The largest absolute Gasteiger partial charge is 0.384 e. The van der Waals surface area contributed by atoms with Crippen LogP contribution in [0.5, 0.6) is 0 Å². The SMILES string of the molecule is Cn1cc(C(C)(O)CNC2CCN(CC3CC3)CC2)cn1. The van der Waals surface area contributed by atoms with Gasteiger partial charge in [-0.2, -0.15) is 5.10 Å². The van der Waals surface area contributed by atoms with Gasteiger partial charge in [-0.3, -0.25) is 4.68 Å². The minimum Gasteiger partial charge on any atom is -0.384 e. The van der Waals surface area contributed by atoms with Crippen molar-refractivity contribution < 1.29 is 5.11 Å². The van der Waals surface area contributed by atoms with Gasteiger partial charge < -0.3 is 15.3 Å². The second-order valence-corrected chi connectivity index (χ2v) is 7.08. The molecular formula is C16H28N4O. The van der Waals surface area contributed by atoms with Crippen molar-refractivity contribution in [2.24, 2.45) is 13.0 Å². The maximum absolute atomic E-state index is 10.6. The van der Waals surface area contributed by atoms with E-state index in [4.69, 9.17) is 0 Å². The first kappa shape index (κ1) is 15.0. The maximum atomic E-state index is 10.6. The monoisotopic (exact) mass is 292 g/mol. The van der Waals surface area contributed by atoms with E-state index in [-0.39, 0.29) is 0 Å². The number of piperidine rings is 1. The van der Waals surface area contributed by atoms with Crippen molar-refractivity contribution in [3.8, 4) is 0 Å². The average molecular weight is 292 g/mol. The van der Waals surface area contributed by atoms with E-state index in [1.165, 1.54) is 45.3 Å². The highest BCUT2D eigenvalue weighted by atomic mass is 16.3. The fourth-order valence-electron chi connectivity index (χ4n) is 3.13. The van der Waals surface area contributed by atoms with Gasteiger partial charge in [0, 0.05) is 37.9 Å². The molecule has 21 heavy (non-hydrogen) atoms. The van der Waals surface area contributed by atoms with Gasteiger partial charge in [-0.05, 0) is 51.6 Å². The summed E-state index contributed by atoms with van der Waals surface area (Å²) in [5.74, 6) is 0.987. The molecule has 1 atom stereocenters. The lowest BCUT2D eigenvalue weighted by Gasteiger charge is -2.34. The molecule has 0 radical (unpaired) electrons. The van der Waals surface area contributed by atoms with Crippen LogP contribution in [0.15, 0.2) is 12.4 Å². The highest BCUT2D eigenvalue weighted by Crippen LogP contribution is 2.30. The number of rotatable bonds is 6. The minimum atomic E-state index is -0.848. The van der Waals surface area contributed by atoms with Gasteiger partial charge >= 0.3 is 0 Å². The summed E-state index contributed by atoms with van der Waals surface area (Å²) in [4.78, 5) is 2.61. The molecule has 2 heterocycles. The molecule has 0 spiro atoms. The van der Waals surface area contributed by atoms with E-state index < -0.39 is 5.60 Å². The van der Waals surface area contributed by atoms with Gasteiger partial charge in [-0.15, -0.1) is 0 Å². The van der Waals surface area contributed by atoms with Gasteiger partial charge in [0.25, 0.3) is 0 Å². The number of nitrogens with zero attached hydrogens (tertiary/aromatic N) is 3. The van der Waals surface area contributed by atoms with Gasteiger partial charge in [-0.25, -0.2) is 0 Å². The van der Waals surface area contributed by atoms with Crippen LogP contribution in [-0.2, 0) is 12.6 Å². The van der Waals surface area contributed by atoms with Crippen LogP contribution in [0, 0.1) is 5.92 Å². The average Bonchev–Trinajstić information content (AvgIpc) is 3.16. The molecule has 2 aliphatic rings. The summed E-state index contributed by atoms with van der Waals surface area (Å²) < 4.78 is 1.74. The lowest BCUT2D eigenvalue weighted by molar-refractivity contribution is 0.0499. The predicted octanol–water partition coefficient (Wildman–Crippen LogP) is 1.09. The number of aryl methyl sites for hydroxylation is 1. The number of hydrogen-bond donors (Lipinski definition) is 2. The van der Waals surface area contributed by atoms with Gasteiger partial charge in [0.2, 0.25) is 0 Å². The molecule has 0 amide bonds. The number of nitrogens with one attached hydrogen (secondary N) is 1. The second kappa shape index (κ2) is 6.07. The van der Waals surface area contributed by atoms with E-state index in [0.717, 1.165) is 11.5 Å². The molecule has 0 aromatic carbocycles. The summed E-state index contributed by atoms with van der Waals surface area (Å²) in [6.07, 6.45) is 8.89. The van der Waals surface area contributed by atoms with Gasteiger partial charge in [0.1, 0.15) is 5.60 Å². The van der Waals surface area contributed by atoms with Crippen molar-refractivity contribution in [3.63, 3.8) is 0 Å². The fourth-order valence-corrected chi connectivity index (χ4v) is 3.13. The van der Waals surface area contributed by atoms with E-state index in [2.05, 4.69) is 15.3 Å². The van der Waals surface area contributed by atoms with Crippen molar-refractivity contribution >= 4 is 0 Å². The Kier molecular flexibility index (Phi) is 4.33. The maximum Gasteiger partial charge on any atom is 0.102 e. The van der Waals surface area contributed by atoms with Crippen LogP contribution in [0.4, 0.5) is 0 Å². The van der Waals surface area contributed by atoms with Crippen molar-refractivity contribution in [3.05, 3.63) is 18.0 Å². The molecular weight excluding hydrogens is 264 g/mol. The van der Waals surface area contributed by atoms with Crippen molar-refractivity contribution in [2.45, 2.75) is 44.2 Å². The highest BCUT2D eigenvalue weighted by molar-refractivity contribution is 5.14. The zero-order valence-corrected chi connectivity index (χ0v) is 13.3. The molecule has 0 bridgehead atoms. The molecule has 2 N–H and O–H groups in total. The summed E-state index contributed by atoms with van der Waals surface area (Å²) in [6, 6.07) is 0.531. The zero-order chi connectivity index (χ0) is 14.9. The number of aromatic nitrogens is 2. The Balaban J connectivity index is 1.42. The van der Waals surface area contributed by atoms with Crippen LogP contribution in [0.3, 0.4) is 0 Å². The standard InChI is InChI=1S/C16H28N4O/c1-16(21,14-9-18-19(2)11-14)12-17-15-5-7-20(8-6-15)10-13-3-4-13/h9,11,13,15,17,21H,3-8,10,12H2,1-2H3. The molecule has 118 valence electrons. The van der Waals surface area contributed by atoms with Crippen LogP contribution in [0.2, 0.25) is 0 Å². The summed E-state index contributed by atoms with van der Waals surface area (Å²) in [5, 5.41) is 18.3. The van der Waals surface area contributed by atoms with Gasteiger partial charge in [0.05, 0.1) is 6.20 Å². The van der Waals surface area contributed by atoms with Crippen LogP contribution in [0.25, 0.3) is 0 Å². The molecule has 1 aromatic heterocycles. The molecule has 3 rings (SSSR count). The first-order chi connectivity index (χ1) is 10.0. The molecule has 1 aliphatic carbocycles. The molecule has 5 nitrogen and oxygen atoms in total. The van der Waals surface area contributed by atoms with Crippen molar-refractivity contribution in [1.29, 1.82) is 0 Å². The number of hydrogen-bond acceptors (Lipinski definition) is 4. The lowest BCUT2D eigenvalue weighted by Crippen LogP contribution is -2.47. The first-order valence-electron chi connectivity index (χ1n) is 8.20. The summed E-state index contributed by atoms with van der Waals surface area (Å²) >= 11 is 0. The van der Waals surface area contributed by atoms with Crippen LogP contribution >= 0.6 is 0 Å². The molecule has 2 fully saturated rings. The Labute approximate surface area is 127 Å². The van der Waals surface area contributed by atoms with Crippen LogP contribution < -0.4 is 5.32 Å². The fraction of sp³-hybridized carbons (Fsp3) is 0.812. The third-order valence-electron chi connectivity index (χ3n) is 4.86. The predicted molar refractivity (Wildman–Crippen MR) is 83.0 cm³/mol. The van der Waals surface area contributed by atoms with Crippen LogP contribution in [-0.4, -0.2) is 52.0 Å². The Bertz CT molecular complexity index is 459. The third-order valence-corrected chi connectivity index (χ3v) is 4.86. The van der Waals surface area contributed by atoms with Crippen molar-refractivity contribution in [1.82, 2.24) is 20.0 Å². The Hall–Kier alpha value is -0.910. The van der Waals surface area contributed by atoms with Crippen LogP contribution in [0.1, 0.15) is 38.2 Å². The lowest BCUT2D eigenvalue weighted by atomic mass is 9.97. The normalized spacial score (nSPS) is 24.1. The second-order valence-electron chi connectivity index (χ2n) is 7.08. The molecule has 1 aromatic rings. The summed E-state index contributed by atoms with van der Waals surface area (Å²) in [6.45, 7) is 6.15. The smallest absolute Gasteiger partial charge is 0.102 e. The third kappa shape index (κ3) is 4.05. The van der Waals surface area contributed by atoms with E-state index in [1.54, 1.807) is 10.9 Å². The zero-order valence-electron chi connectivity index (χ0n) is 13.3. The van der Waals surface area contributed by atoms with E-state index in [1.807, 2.05) is 20.2 Å². The number of likely N-dealkylation sites (tertiary alicyclic amines) is 1. The topological polar surface area (TPSA) is 53.3 Å². The summed E-state index contributed by atoms with van der Waals surface area (Å²) in [5.41, 5.74) is 0.0306. The van der Waals surface area contributed by atoms with Crippen molar-refractivity contribution in [2.75, 3.05) is 26.2 Å². The highest BCUT2D eigenvalue weighted by Gasteiger charge is 2.29. The van der Waals surface area contributed by atoms with Gasteiger partial charge in [-0.1, -0.05) is 0 Å². The minimum absolute atomic E-state index is 0.531. The molecule has 5 heteroatoms. The molecule has 1 aliphatic heterocycles. The molecule has 1 saturated carbocycles. The van der Waals surface area contributed by atoms with E-state index in [0.29, 0.717) is 12.6 Å². The Morgan fingerprint density at radius 2 is 2.05 bits per heavy atom. The molecule has 1 unspecified atom stereocenters. The van der Waals surface area contributed by atoms with Gasteiger partial charge in [0.15, 0.2) is 0 Å². The Morgan fingerprint density at radius 3 is 2.62 bits per heavy atom.